The van der Waals surface area contributed by atoms with Crippen LogP contribution in [0.3, 0.4) is 0 Å². The number of aromatic nitrogens is 1. The van der Waals surface area contributed by atoms with E-state index in [1.807, 2.05) is 55.7 Å². The van der Waals surface area contributed by atoms with Crippen LogP contribution in [0.1, 0.15) is 37.7 Å². The van der Waals surface area contributed by atoms with E-state index in [0.717, 1.165) is 35.4 Å². The van der Waals surface area contributed by atoms with Gasteiger partial charge in [-0.2, -0.15) is 0 Å². The minimum Gasteiger partial charge on any atom is -0.346 e. The molecule has 0 N–H and O–H groups in total. The van der Waals surface area contributed by atoms with Crippen molar-refractivity contribution in [1.29, 1.82) is 0 Å². The number of rotatable bonds is 6. The van der Waals surface area contributed by atoms with E-state index < -0.39 is 0 Å². The van der Waals surface area contributed by atoms with Crippen molar-refractivity contribution in [3.05, 3.63) is 77.1 Å². The van der Waals surface area contributed by atoms with Gasteiger partial charge in [0.1, 0.15) is 0 Å². The summed E-state index contributed by atoms with van der Waals surface area (Å²) in [6.45, 7) is 11.6. The Balaban J connectivity index is 2.35. The molecule has 0 radical (unpaired) electrons. The summed E-state index contributed by atoms with van der Waals surface area (Å²) in [5, 5.41) is 0.882. The molecule has 2 heterocycles. The first-order chi connectivity index (χ1) is 13.8. The molecule has 0 unspecified atom stereocenters. The van der Waals surface area contributed by atoms with E-state index >= 15 is 0 Å². The Morgan fingerprint density at radius 3 is 2.59 bits per heavy atom. The lowest BCUT2D eigenvalue weighted by molar-refractivity contribution is -0.110. The molecule has 3 rings (SSSR count). The van der Waals surface area contributed by atoms with Crippen molar-refractivity contribution in [2.45, 2.75) is 40.2 Å². The SMILES string of the molecule is C=CC(=CC=CC)c1c(-c2ccc(Cl)cc2)c(CC(=O)SC)n2c1CC(C)(C)C2. The fraction of sp³-hybridized carbons (Fsp3) is 0.320. The topological polar surface area (TPSA) is 22.0 Å². The maximum atomic E-state index is 12.5. The number of thioether (sulfide) groups is 1. The van der Waals surface area contributed by atoms with Crippen molar-refractivity contribution >= 4 is 34.1 Å². The minimum absolute atomic E-state index is 0.159. The van der Waals surface area contributed by atoms with E-state index in [2.05, 4.69) is 31.1 Å². The lowest BCUT2D eigenvalue weighted by Crippen LogP contribution is -2.15. The van der Waals surface area contributed by atoms with Gasteiger partial charge in [0, 0.05) is 34.1 Å². The third-order valence-corrected chi connectivity index (χ3v) is 6.21. The number of carbonyl (C=O) groups excluding carboxylic acids is 1. The highest BCUT2D eigenvalue weighted by atomic mass is 35.5. The fourth-order valence-corrected chi connectivity index (χ4v) is 4.52. The van der Waals surface area contributed by atoms with Gasteiger partial charge >= 0.3 is 0 Å². The van der Waals surface area contributed by atoms with E-state index in [-0.39, 0.29) is 10.5 Å². The molecule has 0 saturated heterocycles. The molecule has 0 bridgehead atoms. The van der Waals surface area contributed by atoms with Gasteiger partial charge in [0.2, 0.25) is 0 Å². The fourth-order valence-electron chi connectivity index (χ4n) is 4.12. The highest BCUT2D eigenvalue weighted by Gasteiger charge is 2.36. The molecule has 1 aromatic heterocycles. The van der Waals surface area contributed by atoms with Crippen LogP contribution in [-0.2, 0) is 24.2 Å². The summed E-state index contributed by atoms with van der Waals surface area (Å²) < 4.78 is 2.38. The molecular weight excluding hydrogens is 398 g/mol. The molecule has 1 aromatic carbocycles. The van der Waals surface area contributed by atoms with Crippen LogP contribution < -0.4 is 0 Å². The maximum Gasteiger partial charge on any atom is 0.194 e. The number of hydrogen-bond donors (Lipinski definition) is 0. The van der Waals surface area contributed by atoms with Gasteiger partial charge in [0.15, 0.2) is 5.12 Å². The quantitative estimate of drug-likeness (QED) is 0.466. The number of carbonyl (C=O) groups is 1. The number of fused-ring (bicyclic) bond motifs is 1. The summed E-state index contributed by atoms with van der Waals surface area (Å²) in [7, 11) is 0. The molecule has 0 atom stereocenters. The van der Waals surface area contributed by atoms with Crippen LogP contribution in [-0.4, -0.2) is 15.9 Å². The summed E-state index contributed by atoms with van der Waals surface area (Å²) in [6.07, 6.45) is 11.3. The van der Waals surface area contributed by atoms with Crippen molar-refractivity contribution in [3.8, 4) is 11.1 Å². The number of allylic oxidation sites excluding steroid dienone is 5. The Kier molecular flexibility index (Phi) is 6.60. The highest BCUT2D eigenvalue weighted by molar-refractivity contribution is 8.13. The second kappa shape index (κ2) is 8.81. The Morgan fingerprint density at radius 2 is 2.00 bits per heavy atom. The zero-order valence-electron chi connectivity index (χ0n) is 17.6. The van der Waals surface area contributed by atoms with Crippen molar-refractivity contribution in [1.82, 2.24) is 4.57 Å². The summed E-state index contributed by atoms with van der Waals surface area (Å²) >= 11 is 7.45. The third kappa shape index (κ3) is 4.46. The standard InChI is InChI=1S/C25H28ClNOS/c1-6-8-9-17(7-2)23-21-15-25(3,4)16-27(21)20(14-22(28)29-5)24(23)18-10-12-19(26)13-11-18/h6-13H,2,14-16H2,1,3-5H3. The van der Waals surface area contributed by atoms with Crippen molar-refractivity contribution < 1.29 is 4.79 Å². The van der Waals surface area contributed by atoms with Crippen LogP contribution in [0.15, 0.2) is 55.1 Å². The number of benzene rings is 1. The molecule has 1 aliphatic rings. The third-order valence-electron chi connectivity index (χ3n) is 5.36. The molecular formula is C25H28ClNOS. The predicted octanol–water partition coefficient (Wildman–Crippen LogP) is 6.97. The van der Waals surface area contributed by atoms with Gasteiger partial charge in [-0.3, -0.25) is 4.79 Å². The molecule has 4 heteroatoms. The van der Waals surface area contributed by atoms with Crippen LogP contribution in [0.25, 0.3) is 16.7 Å². The molecule has 0 amide bonds. The zero-order chi connectivity index (χ0) is 21.2. The smallest absolute Gasteiger partial charge is 0.194 e. The van der Waals surface area contributed by atoms with E-state index in [1.54, 1.807) is 0 Å². The first kappa shape index (κ1) is 21.7. The lowest BCUT2D eigenvalue weighted by Gasteiger charge is -2.19. The van der Waals surface area contributed by atoms with Gasteiger partial charge in [0.25, 0.3) is 0 Å². The van der Waals surface area contributed by atoms with Gasteiger partial charge in [-0.25, -0.2) is 0 Å². The van der Waals surface area contributed by atoms with Gasteiger partial charge in [-0.1, -0.05) is 80.2 Å². The van der Waals surface area contributed by atoms with E-state index in [4.69, 9.17) is 11.6 Å². The average Bonchev–Trinajstić information content (AvgIpc) is 3.14. The van der Waals surface area contributed by atoms with Gasteiger partial charge in [-0.05, 0) is 48.3 Å². The molecule has 152 valence electrons. The molecule has 2 nitrogen and oxygen atoms in total. The Labute approximate surface area is 183 Å². The number of nitrogens with zero attached hydrogens (tertiary/aromatic N) is 1. The van der Waals surface area contributed by atoms with Gasteiger partial charge in [-0.15, -0.1) is 0 Å². The van der Waals surface area contributed by atoms with Crippen LogP contribution in [0.4, 0.5) is 0 Å². The first-order valence-corrected chi connectivity index (χ1v) is 11.4. The second-order valence-corrected chi connectivity index (χ2v) is 9.48. The number of hydrogen-bond acceptors (Lipinski definition) is 2. The predicted molar refractivity (Wildman–Crippen MR) is 128 cm³/mol. The normalized spacial score (nSPS) is 15.7. The number of halogens is 1. The minimum atomic E-state index is 0.159. The molecule has 29 heavy (non-hydrogen) atoms. The van der Waals surface area contributed by atoms with E-state index in [0.29, 0.717) is 11.4 Å². The van der Waals surface area contributed by atoms with Crippen LogP contribution in [0.5, 0.6) is 0 Å². The summed E-state index contributed by atoms with van der Waals surface area (Å²) in [4.78, 5) is 12.5. The van der Waals surface area contributed by atoms with Gasteiger partial charge in [0.05, 0.1) is 6.42 Å². The molecule has 2 aromatic rings. The summed E-state index contributed by atoms with van der Waals surface area (Å²) in [5.74, 6) is 0. The van der Waals surface area contributed by atoms with Crippen molar-refractivity contribution in [2.24, 2.45) is 5.41 Å². The monoisotopic (exact) mass is 425 g/mol. The van der Waals surface area contributed by atoms with E-state index in [9.17, 15) is 4.79 Å². The molecule has 0 saturated carbocycles. The lowest BCUT2D eigenvalue weighted by atomic mass is 9.86. The average molecular weight is 426 g/mol. The zero-order valence-corrected chi connectivity index (χ0v) is 19.2. The Bertz CT molecular complexity index is 993. The van der Waals surface area contributed by atoms with Gasteiger partial charge < -0.3 is 4.57 Å². The highest BCUT2D eigenvalue weighted by Crippen LogP contribution is 2.45. The largest absolute Gasteiger partial charge is 0.346 e. The Morgan fingerprint density at radius 1 is 1.31 bits per heavy atom. The second-order valence-electron chi connectivity index (χ2n) is 8.18. The molecule has 0 spiro atoms. The molecule has 1 aliphatic heterocycles. The summed E-state index contributed by atoms with van der Waals surface area (Å²) in [5.41, 5.74) is 7.03. The molecule has 0 fully saturated rings. The summed E-state index contributed by atoms with van der Waals surface area (Å²) in [6, 6.07) is 7.92. The van der Waals surface area contributed by atoms with Crippen molar-refractivity contribution in [2.75, 3.05) is 6.26 Å². The maximum absolute atomic E-state index is 12.5. The first-order valence-electron chi connectivity index (χ1n) is 9.84. The van der Waals surface area contributed by atoms with Crippen molar-refractivity contribution in [3.63, 3.8) is 0 Å². The van der Waals surface area contributed by atoms with Crippen LogP contribution >= 0.6 is 23.4 Å². The Hall–Kier alpha value is -1.97. The van der Waals surface area contributed by atoms with Crippen LogP contribution in [0, 0.1) is 5.41 Å². The molecule has 0 aliphatic carbocycles. The van der Waals surface area contributed by atoms with E-state index in [1.165, 1.54) is 23.0 Å². The van der Waals surface area contributed by atoms with Crippen LogP contribution in [0.2, 0.25) is 5.02 Å².